The van der Waals surface area contributed by atoms with Crippen molar-refractivity contribution in [2.75, 3.05) is 16.4 Å². The Morgan fingerprint density at radius 2 is 1.87 bits per heavy atom. The Hall–Kier alpha value is -5.07. The first-order valence-electron chi connectivity index (χ1n) is 12.0. The van der Waals surface area contributed by atoms with Gasteiger partial charge in [-0.1, -0.05) is 0 Å². The molecule has 1 unspecified atom stereocenters. The number of carbonyl (C=O) groups is 3. The molecule has 0 aliphatic rings. The van der Waals surface area contributed by atoms with E-state index in [1.807, 2.05) is 17.9 Å². The number of nitrogens with zero attached hydrogens (tertiary/aromatic N) is 5. The van der Waals surface area contributed by atoms with Gasteiger partial charge in [0.2, 0.25) is 5.95 Å². The minimum atomic E-state index is -1.20. The normalized spacial score (nSPS) is 11.8. The highest BCUT2D eigenvalue weighted by Crippen LogP contribution is 2.27. The summed E-state index contributed by atoms with van der Waals surface area (Å²) in [5, 5.41) is 18.3. The molecule has 4 rings (SSSR count). The first-order valence-corrected chi connectivity index (χ1v) is 12.0. The van der Waals surface area contributed by atoms with Crippen molar-refractivity contribution >= 4 is 46.3 Å². The Bertz CT molecular complexity index is 1520. The van der Waals surface area contributed by atoms with Gasteiger partial charge in [0.05, 0.1) is 36.9 Å². The number of hydrogen-bond donors (Lipinski definition) is 4. The Morgan fingerprint density at radius 3 is 2.54 bits per heavy atom. The average Bonchev–Trinajstić information content (AvgIpc) is 3.39. The highest BCUT2D eigenvalue weighted by atomic mass is 16.4. The van der Waals surface area contributed by atoms with E-state index in [2.05, 4.69) is 19.9 Å². The number of carboxylic acid groups (broad SMARTS) is 2. The Morgan fingerprint density at radius 1 is 1.08 bits per heavy atom. The largest absolute Gasteiger partial charge is 0.481 e. The van der Waals surface area contributed by atoms with Crippen LogP contribution in [0.4, 0.5) is 17.5 Å². The van der Waals surface area contributed by atoms with Crippen LogP contribution in [-0.2, 0) is 22.7 Å². The number of fused-ring (bicyclic) bond motifs is 1. The molecule has 0 radical (unpaired) electrons. The molecule has 1 aromatic carbocycles. The predicted octanol–water partition coefficient (Wildman–Crippen LogP) is 2.83. The standard InChI is InChI=1S/C26H27N7O6/c1-14-8-16(20(34)9-17(25(37)38)3-5-21(35)36)2-4-19(14)33(11-15-6-7-39-13-15)12-18-10-29-24-22(30-18)23(27)31-26(28)32-24/h2,4,6-8,10,13,17H,3,5,9,11-12H2,1H3,(H,35,36)(H,37,38)(H4,27,28,29,31,32). The van der Waals surface area contributed by atoms with Crippen LogP contribution in [0.5, 0.6) is 0 Å². The second kappa shape index (κ2) is 11.5. The molecule has 6 N–H and O–H groups in total. The lowest BCUT2D eigenvalue weighted by atomic mass is 9.93. The van der Waals surface area contributed by atoms with Gasteiger partial charge in [0.25, 0.3) is 0 Å². The molecule has 0 fully saturated rings. The van der Waals surface area contributed by atoms with Crippen LogP contribution in [0.15, 0.2) is 47.4 Å². The Labute approximate surface area is 222 Å². The van der Waals surface area contributed by atoms with E-state index in [-0.39, 0.29) is 42.5 Å². The first-order chi connectivity index (χ1) is 18.6. The zero-order valence-electron chi connectivity index (χ0n) is 21.1. The maximum Gasteiger partial charge on any atom is 0.306 e. The number of hydrogen-bond acceptors (Lipinski definition) is 11. The summed E-state index contributed by atoms with van der Waals surface area (Å²) >= 11 is 0. The van der Waals surface area contributed by atoms with Gasteiger partial charge in [-0.2, -0.15) is 9.97 Å². The molecular weight excluding hydrogens is 506 g/mol. The van der Waals surface area contributed by atoms with Crippen LogP contribution >= 0.6 is 0 Å². The molecular formula is C26H27N7O6. The van der Waals surface area contributed by atoms with Gasteiger partial charge in [0.1, 0.15) is 0 Å². The Kier molecular flexibility index (Phi) is 7.98. The van der Waals surface area contributed by atoms with Gasteiger partial charge in [-0.25, -0.2) is 9.97 Å². The van der Waals surface area contributed by atoms with E-state index in [0.717, 1.165) is 16.8 Å². The van der Waals surface area contributed by atoms with Crippen LogP contribution in [0.1, 0.15) is 46.4 Å². The van der Waals surface area contributed by atoms with Crippen molar-refractivity contribution in [3.8, 4) is 0 Å². The summed E-state index contributed by atoms with van der Waals surface area (Å²) in [7, 11) is 0. The molecule has 4 aromatic rings. The third-order valence-electron chi connectivity index (χ3n) is 6.15. The highest BCUT2D eigenvalue weighted by molar-refractivity contribution is 5.98. The highest BCUT2D eigenvalue weighted by Gasteiger charge is 2.24. The number of furan rings is 1. The maximum atomic E-state index is 12.9. The van der Waals surface area contributed by atoms with E-state index in [0.29, 0.717) is 29.9 Å². The van der Waals surface area contributed by atoms with Crippen LogP contribution in [0.3, 0.4) is 0 Å². The van der Waals surface area contributed by atoms with Crippen LogP contribution < -0.4 is 16.4 Å². The third-order valence-corrected chi connectivity index (χ3v) is 6.15. The lowest BCUT2D eigenvalue weighted by molar-refractivity contribution is -0.142. The minimum absolute atomic E-state index is 0.00505. The number of ketones is 1. The molecule has 0 saturated carbocycles. The van der Waals surface area contributed by atoms with Crippen molar-refractivity contribution < 1.29 is 29.0 Å². The minimum Gasteiger partial charge on any atom is -0.481 e. The van der Waals surface area contributed by atoms with E-state index >= 15 is 0 Å². The van der Waals surface area contributed by atoms with E-state index < -0.39 is 17.9 Å². The number of nitrogens with two attached hydrogens (primary N) is 2. The molecule has 3 heterocycles. The number of carboxylic acids is 2. The monoisotopic (exact) mass is 533 g/mol. The molecule has 39 heavy (non-hydrogen) atoms. The van der Waals surface area contributed by atoms with Gasteiger partial charge in [-0.15, -0.1) is 0 Å². The molecule has 13 nitrogen and oxygen atoms in total. The van der Waals surface area contributed by atoms with Crippen LogP contribution in [0.25, 0.3) is 11.2 Å². The van der Waals surface area contributed by atoms with Gasteiger partial charge >= 0.3 is 11.9 Å². The number of nitrogen functional groups attached to an aromatic ring is 2. The van der Waals surface area contributed by atoms with Crippen LogP contribution in [0, 0.1) is 12.8 Å². The van der Waals surface area contributed by atoms with Gasteiger partial charge in [-0.3, -0.25) is 14.4 Å². The fraction of sp³-hybridized carbons (Fsp3) is 0.269. The van der Waals surface area contributed by atoms with Crippen LogP contribution in [-0.4, -0.2) is 47.9 Å². The fourth-order valence-electron chi connectivity index (χ4n) is 4.22. The van der Waals surface area contributed by atoms with Gasteiger partial charge in [0, 0.05) is 36.2 Å². The zero-order chi connectivity index (χ0) is 28.1. The number of aryl methyl sites for hydroxylation is 1. The predicted molar refractivity (Wildman–Crippen MR) is 141 cm³/mol. The van der Waals surface area contributed by atoms with Gasteiger partial charge in [-0.05, 0) is 43.2 Å². The van der Waals surface area contributed by atoms with E-state index in [1.165, 1.54) is 0 Å². The zero-order valence-corrected chi connectivity index (χ0v) is 21.1. The summed E-state index contributed by atoms with van der Waals surface area (Å²) in [6, 6.07) is 6.94. The third kappa shape index (κ3) is 6.63. The van der Waals surface area contributed by atoms with Crippen LogP contribution in [0.2, 0.25) is 0 Å². The van der Waals surface area contributed by atoms with Crippen molar-refractivity contribution in [2.24, 2.45) is 5.92 Å². The van der Waals surface area contributed by atoms with Gasteiger partial charge in [0.15, 0.2) is 22.8 Å². The second-order valence-corrected chi connectivity index (χ2v) is 9.08. The number of rotatable bonds is 12. The quantitative estimate of drug-likeness (QED) is 0.193. The molecule has 202 valence electrons. The summed E-state index contributed by atoms with van der Waals surface area (Å²) in [6.45, 7) is 2.62. The van der Waals surface area contributed by atoms with Gasteiger partial charge < -0.3 is 31.0 Å². The molecule has 0 aliphatic heterocycles. The van der Waals surface area contributed by atoms with E-state index in [4.69, 9.17) is 21.0 Å². The molecule has 13 heteroatoms. The lowest BCUT2D eigenvalue weighted by Gasteiger charge is -2.26. The first kappa shape index (κ1) is 27.0. The smallest absolute Gasteiger partial charge is 0.306 e. The fourth-order valence-corrected chi connectivity index (χ4v) is 4.22. The second-order valence-electron chi connectivity index (χ2n) is 9.08. The molecule has 1 atom stereocenters. The molecule has 0 amide bonds. The van der Waals surface area contributed by atoms with E-state index in [1.54, 1.807) is 36.9 Å². The molecule has 3 aromatic heterocycles. The number of carbonyl (C=O) groups excluding carboxylic acids is 1. The summed E-state index contributed by atoms with van der Waals surface area (Å²) in [5.74, 6) is -3.64. The molecule has 0 spiro atoms. The SMILES string of the molecule is Cc1cc(C(=O)CC(CCC(=O)O)C(=O)O)ccc1N(Cc1ccoc1)Cc1cnc2nc(N)nc(N)c2n1. The number of aromatic nitrogens is 4. The lowest BCUT2D eigenvalue weighted by Crippen LogP contribution is -2.24. The number of benzene rings is 1. The van der Waals surface area contributed by atoms with Crippen molar-refractivity contribution in [1.82, 2.24) is 19.9 Å². The average molecular weight is 534 g/mol. The molecule has 0 saturated heterocycles. The molecule has 0 bridgehead atoms. The number of aliphatic carboxylic acids is 2. The Balaban J connectivity index is 1.60. The summed E-state index contributed by atoms with van der Waals surface area (Å²) in [6.07, 6.45) is 4.04. The maximum absolute atomic E-state index is 12.9. The number of anilines is 3. The topological polar surface area (TPSA) is 212 Å². The van der Waals surface area contributed by atoms with Crippen molar-refractivity contribution in [1.29, 1.82) is 0 Å². The van der Waals surface area contributed by atoms with Crippen molar-refractivity contribution in [3.05, 3.63) is 65.4 Å². The molecule has 0 aliphatic carbocycles. The van der Waals surface area contributed by atoms with Crippen molar-refractivity contribution in [3.63, 3.8) is 0 Å². The van der Waals surface area contributed by atoms with E-state index in [9.17, 15) is 19.5 Å². The van der Waals surface area contributed by atoms with Crippen molar-refractivity contribution in [2.45, 2.75) is 39.3 Å². The summed E-state index contributed by atoms with van der Waals surface area (Å²) in [4.78, 5) is 54.2. The summed E-state index contributed by atoms with van der Waals surface area (Å²) in [5.41, 5.74) is 15.7. The summed E-state index contributed by atoms with van der Waals surface area (Å²) < 4.78 is 5.23. The number of Topliss-reactive ketones (excluding diaryl/α,β-unsaturated/α-hetero) is 1.